The third kappa shape index (κ3) is 7.04. The van der Waals surface area contributed by atoms with Crippen molar-refractivity contribution in [3.63, 3.8) is 0 Å². The Morgan fingerprint density at radius 3 is 2.50 bits per heavy atom. The zero-order valence-electron chi connectivity index (χ0n) is 26.0. The molecule has 2 amide bonds. The molecule has 2 aliphatic heterocycles. The fraction of sp³-hybridized carbons (Fsp3) is 0.516. The second kappa shape index (κ2) is 12.8. The van der Waals surface area contributed by atoms with Gasteiger partial charge in [-0.1, -0.05) is 37.8 Å². The molecule has 2 aliphatic rings. The summed E-state index contributed by atoms with van der Waals surface area (Å²) in [7, 11) is 0.329. The number of piperidine rings is 1. The molecule has 44 heavy (non-hydrogen) atoms. The van der Waals surface area contributed by atoms with Gasteiger partial charge in [0.15, 0.2) is 5.82 Å². The fourth-order valence-corrected chi connectivity index (χ4v) is 6.64. The number of carbonyl (C=O) groups is 1. The summed E-state index contributed by atoms with van der Waals surface area (Å²) in [5, 5.41) is 4.64. The second-order valence-electron chi connectivity index (χ2n) is 12.7. The molecule has 9 nitrogen and oxygen atoms in total. The average Bonchev–Trinajstić information content (AvgIpc) is 3.38. The number of aromatic nitrogens is 3. The number of urea groups is 1. The second-order valence-corrected chi connectivity index (χ2v) is 18.3. The van der Waals surface area contributed by atoms with Crippen LogP contribution in [0.5, 0.6) is 5.88 Å². The summed E-state index contributed by atoms with van der Waals surface area (Å²) in [5.41, 5.74) is 2.06. The van der Waals surface area contributed by atoms with Gasteiger partial charge in [0.05, 0.1) is 25.8 Å². The number of ether oxygens (including phenoxy) is 2. The first-order chi connectivity index (χ1) is 20.9. The lowest BCUT2D eigenvalue weighted by Gasteiger charge is -2.43. The smallest absolute Gasteiger partial charge is 0.416 e. The topological polar surface area (TPSA) is 76.0 Å². The number of rotatable bonds is 10. The van der Waals surface area contributed by atoms with E-state index in [1.165, 1.54) is 17.0 Å². The van der Waals surface area contributed by atoms with Crippen LogP contribution in [-0.4, -0.2) is 66.6 Å². The van der Waals surface area contributed by atoms with E-state index >= 15 is 0 Å². The number of pyridine rings is 1. The lowest BCUT2D eigenvalue weighted by Crippen LogP contribution is -2.54. The van der Waals surface area contributed by atoms with Crippen molar-refractivity contribution in [2.24, 2.45) is 0 Å². The summed E-state index contributed by atoms with van der Waals surface area (Å²) in [5.74, 6) is 0.946. The number of methoxy groups -OCH3 is 1. The first kappa shape index (κ1) is 31.8. The maximum atomic E-state index is 14.1. The van der Waals surface area contributed by atoms with Gasteiger partial charge >= 0.3 is 12.2 Å². The zero-order chi connectivity index (χ0) is 31.6. The number of benzene rings is 1. The van der Waals surface area contributed by atoms with Crippen molar-refractivity contribution in [3.8, 4) is 5.88 Å². The Morgan fingerprint density at radius 1 is 1.09 bits per heavy atom. The molecule has 0 atom stereocenters. The van der Waals surface area contributed by atoms with E-state index in [0.29, 0.717) is 50.8 Å². The third-order valence-corrected chi connectivity index (χ3v) is 9.97. The molecule has 5 rings (SSSR count). The molecule has 0 radical (unpaired) electrons. The Balaban J connectivity index is 1.39. The van der Waals surface area contributed by atoms with Crippen LogP contribution in [0.1, 0.15) is 35.1 Å². The molecule has 0 bridgehead atoms. The quantitative estimate of drug-likeness (QED) is 0.187. The number of aryl methyl sites for hydroxylation is 1. The number of anilines is 2. The molecule has 1 fully saturated rings. The van der Waals surface area contributed by atoms with Crippen molar-refractivity contribution >= 4 is 25.6 Å². The van der Waals surface area contributed by atoms with Crippen LogP contribution in [-0.2, 0) is 30.7 Å². The van der Waals surface area contributed by atoms with Gasteiger partial charge in [-0.2, -0.15) is 18.3 Å². The highest BCUT2D eigenvalue weighted by Crippen LogP contribution is 2.37. The predicted molar refractivity (Wildman–Crippen MR) is 166 cm³/mol. The first-order valence-corrected chi connectivity index (χ1v) is 18.7. The minimum absolute atomic E-state index is 0.0241. The zero-order valence-corrected chi connectivity index (χ0v) is 27.0. The van der Waals surface area contributed by atoms with Gasteiger partial charge in [-0.3, -0.25) is 4.90 Å². The van der Waals surface area contributed by atoms with E-state index in [-0.39, 0.29) is 30.9 Å². The number of fused-ring (bicyclic) bond motifs is 1. The van der Waals surface area contributed by atoms with Gasteiger partial charge in [0.1, 0.15) is 12.4 Å². The predicted octanol–water partition coefficient (Wildman–Crippen LogP) is 6.54. The summed E-state index contributed by atoms with van der Waals surface area (Å²) in [4.78, 5) is 23.9. The van der Waals surface area contributed by atoms with E-state index in [2.05, 4.69) is 34.6 Å². The SMILES string of the molecule is COc1nccc(C)c1N1CCC(N2Cc3cn(COCC[Si](C)(C)C)nc3N(Cc3ccccc3C(F)(F)F)C2=O)CC1. The van der Waals surface area contributed by atoms with Crippen molar-refractivity contribution in [2.75, 3.05) is 36.6 Å². The molecule has 4 heterocycles. The number of alkyl halides is 3. The number of carbonyl (C=O) groups excluding carboxylic acids is 1. The number of halogens is 3. The first-order valence-electron chi connectivity index (χ1n) is 15.0. The van der Waals surface area contributed by atoms with E-state index < -0.39 is 19.8 Å². The molecule has 0 saturated carbocycles. The maximum Gasteiger partial charge on any atom is 0.416 e. The summed E-state index contributed by atoms with van der Waals surface area (Å²) in [6.45, 7) is 11.1. The van der Waals surface area contributed by atoms with Crippen molar-refractivity contribution in [3.05, 3.63) is 65.0 Å². The van der Waals surface area contributed by atoms with Crippen LogP contribution in [0.25, 0.3) is 0 Å². The van der Waals surface area contributed by atoms with Crippen LogP contribution in [0.3, 0.4) is 0 Å². The monoisotopic (exact) mass is 630 g/mol. The third-order valence-electron chi connectivity index (χ3n) is 8.27. The molecule has 0 N–H and O–H groups in total. The molecule has 1 saturated heterocycles. The fourth-order valence-electron chi connectivity index (χ4n) is 5.88. The van der Waals surface area contributed by atoms with Crippen molar-refractivity contribution in [1.82, 2.24) is 19.7 Å². The number of amides is 2. The van der Waals surface area contributed by atoms with Gasteiger partial charge in [0, 0.05) is 51.8 Å². The molecular weight excluding hydrogens is 589 g/mol. The van der Waals surface area contributed by atoms with Crippen LogP contribution in [0.2, 0.25) is 25.7 Å². The summed E-state index contributed by atoms with van der Waals surface area (Å²) < 4.78 is 54.8. The Morgan fingerprint density at radius 2 is 1.82 bits per heavy atom. The molecule has 3 aromatic rings. The van der Waals surface area contributed by atoms with E-state index in [1.54, 1.807) is 29.0 Å². The summed E-state index contributed by atoms with van der Waals surface area (Å²) >= 11 is 0. The van der Waals surface area contributed by atoms with E-state index in [4.69, 9.17) is 9.47 Å². The van der Waals surface area contributed by atoms with E-state index in [0.717, 1.165) is 28.9 Å². The van der Waals surface area contributed by atoms with E-state index in [9.17, 15) is 18.0 Å². The summed E-state index contributed by atoms with van der Waals surface area (Å²) in [6.07, 6.45) is 0.418. The van der Waals surface area contributed by atoms with Gasteiger partial charge in [0.2, 0.25) is 5.88 Å². The van der Waals surface area contributed by atoms with Gasteiger partial charge < -0.3 is 19.3 Å². The lowest BCUT2D eigenvalue weighted by molar-refractivity contribution is -0.138. The number of hydrogen-bond donors (Lipinski definition) is 0. The van der Waals surface area contributed by atoms with Crippen LogP contribution >= 0.6 is 0 Å². The van der Waals surface area contributed by atoms with Crippen LogP contribution < -0.4 is 14.5 Å². The number of nitrogens with zero attached hydrogens (tertiary/aromatic N) is 6. The van der Waals surface area contributed by atoms with Crippen molar-refractivity contribution in [1.29, 1.82) is 0 Å². The molecule has 13 heteroatoms. The Kier molecular flexibility index (Phi) is 9.26. The van der Waals surface area contributed by atoms with Crippen molar-refractivity contribution in [2.45, 2.75) is 77.5 Å². The average molecular weight is 631 g/mol. The molecule has 2 aromatic heterocycles. The molecular formula is C31H41F3N6O3Si. The largest absolute Gasteiger partial charge is 0.480 e. The summed E-state index contributed by atoms with van der Waals surface area (Å²) in [6, 6.07) is 7.92. The minimum atomic E-state index is -4.54. The van der Waals surface area contributed by atoms with E-state index in [1.807, 2.05) is 19.2 Å². The Labute approximate surface area is 257 Å². The van der Waals surface area contributed by atoms with Gasteiger partial charge in [-0.05, 0) is 49.1 Å². The lowest BCUT2D eigenvalue weighted by atomic mass is 10.00. The molecule has 0 spiro atoms. The Hall–Kier alpha value is -3.58. The molecule has 0 unspecified atom stereocenters. The van der Waals surface area contributed by atoms with Gasteiger partial charge in [-0.25, -0.2) is 14.5 Å². The minimum Gasteiger partial charge on any atom is -0.480 e. The highest BCUT2D eigenvalue weighted by Gasteiger charge is 2.40. The maximum absolute atomic E-state index is 14.1. The van der Waals surface area contributed by atoms with Gasteiger partial charge in [-0.15, -0.1) is 0 Å². The standard InChI is InChI=1S/C31H41F3N6O3Si/c1-22-10-13-35-29(42-2)27(22)37-14-11-25(12-15-37)39-20-24-18-38(21-43-16-17-44(3,4)5)36-28(24)40(30(39)41)19-23-8-6-7-9-26(23)31(32,33)34/h6-10,13,18,25H,11-12,14-17,19-21H2,1-5H3. The normalized spacial score (nSPS) is 16.5. The highest BCUT2D eigenvalue weighted by atomic mass is 28.3. The van der Waals surface area contributed by atoms with Gasteiger partial charge in [0.25, 0.3) is 0 Å². The highest BCUT2D eigenvalue weighted by molar-refractivity contribution is 6.76. The van der Waals surface area contributed by atoms with Crippen LogP contribution in [0.4, 0.5) is 29.5 Å². The molecule has 1 aromatic carbocycles. The molecule has 0 aliphatic carbocycles. The molecule has 238 valence electrons. The Bertz CT molecular complexity index is 1470. The van der Waals surface area contributed by atoms with Crippen molar-refractivity contribution < 1.29 is 27.4 Å². The van der Waals surface area contributed by atoms with Crippen LogP contribution in [0, 0.1) is 6.92 Å². The van der Waals surface area contributed by atoms with Crippen LogP contribution in [0.15, 0.2) is 42.7 Å². The number of hydrogen-bond acceptors (Lipinski definition) is 6.